The molecular formula is C12H24N4O. The Labute approximate surface area is 104 Å². The van der Waals surface area contributed by atoms with E-state index in [1.807, 2.05) is 0 Å². The number of hydrogen-bond acceptors (Lipinski definition) is 4. The van der Waals surface area contributed by atoms with Gasteiger partial charge < -0.3 is 5.32 Å². The first kappa shape index (κ1) is 12.8. The molecule has 1 atom stereocenters. The van der Waals surface area contributed by atoms with Crippen molar-refractivity contribution < 1.29 is 4.79 Å². The van der Waals surface area contributed by atoms with E-state index in [-0.39, 0.29) is 5.91 Å². The molecule has 0 aromatic heterocycles. The molecule has 5 nitrogen and oxygen atoms in total. The molecule has 2 heterocycles. The van der Waals surface area contributed by atoms with Crippen molar-refractivity contribution in [3.8, 4) is 0 Å². The van der Waals surface area contributed by atoms with Crippen LogP contribution in [0.15, 0.2) is 0 Å². The standard InChI is InChI=1S/C12H24N4O/c1-13-12(17)9-16-5-3-4-11(16)8-15-7-6-14(2)10-15/h11H,3-10H2,1-2H3,(H,13,17). The number of nitrogens with one attached hydrogen (secondary N) is 1. The Morgan fingerprint density at radius 1 is 1.35 bits per heavy atom. The van der Waals surface area contributed by atoms with Crippen molar-refractivity contribution in [2.75, 3.05) is 53.5 Å². The molecule has 0 saturated carbocycles. The predicted molar refractivity (Wildman–Crippen MR) is 67.7 cm³/mol. The summed E-state index contributed by atoms with van der Waals surface area (Å²) in [6.07, 6.45) is 2.46. The van der Waals surface area contributed by atoms with Crippen molar-refractivity contribution in [2.24, 2.45) is 0 Å². The highest BCUT2D eigenvalue weighted by Gasteiger charge is 2.29. The molecular weight excluding hydrogens is 216 g/mol. The average Bonchev–Trinajstić information content (AvgIpc) is 2.89. The van der Waals surface area contributed by atoms with Gasteiger partial charge in [-0.1, -0.05) is 0 Å². The summed E-state index contributed by atoms with van der Waals surface area (Å²) < 4.78 is 0. The van der Waals surface area contributed by atoms with Crippen LogP contribution in [0.1, 0.15) is 12.8 Å². The second-order valence-electron chi connectivity index (χ2n) is 5.24. The predicted octanol–water partition coefficient (Wildman–Crippen LogP) is -0.598. The van der Waals surface area contributed by atoms with Crippen molar-refractivity contribution in [1.82, 2.24) is 20.0 Å². The molecule has 0 aromatic rings. The molecule has 0 radical (unpaired) electrons. The first-order valence-corrected chi connectivity index (χ1v) is 6.54. The van der Waals surface area contributed by atoms with Gasteiger partial charge in [-0.15, -0.1) is 0 Å². The molecule has 0 aliphatic carbocycles. The van der Waals surface area contributed by atoms with Crippen LogP contribution in [0.25, 0.3) is 0 Å². The van der Waals surface area contributed by atoms with Crippen LogP contribution in [0.2, 0.25) is 0 Å². The zero-order valence-electron chi connectivity index (χ0n) is 11.0. The number of rotatable bonds is 4. The fraction of sp³-hybridized carbons (Fsp3) is 0.917. The van der Waals surface area contributed by atoms with Crippen LogP contribution in [0.5, 0.6) is 0 Å². The first-order valence-electron chi connectivity index (χ1n) is 6.54. The molecule has 0 spiro atoms. The van der Waals surface area contributed by atoms with Crippen LogP contribution < -0.4 is 5.32 Å². The summed E-state index contributed by atoms with van der Waals surface area (Å²) in [6, 6.07) is 0.568. The van der Waals surface area contributed by atoms with E-state index in [4.69, 9.17) is 0 Å². The van der Waals surface area contributed by atoms with Crippen LogP contribution in [-0.2, 0) is 4.79 Å². The van der Waals surface area contributed by atoms with Crippen molar-refractivity contribution in [3.63, 3.8) is 0 Å². The summed E-state index contributed by atoms with van der Waals surface area (Å²) in [5.41, 5.74) is 0. The number of likely N-dealkylation sites (tertiary alicyclic amines) is 1. The van der Waals surface area contributed by atoms with Crippen molar-refractivity contribution in [2.45, 2.75) is 18.9 Å². The summed E-state index contributed by atoms with van der Waals surface area (Å²) >= 11 is 0. The smallest absolute Gasteiger partial charge is 0.233 e. The zero-order valence-corrected chi connectivity index (χ0v) is 11.0. The van der Waals surface area contributed by atoms with E-state index in [0.29, 0.717) is 12.6 Å². The van der Waals surface area contributed by atoms with E-state index < -0.39 is 0 Å². The fourth-order valence-corrected chi connectivity index (χ4v) is 2.82. The van der Waals surface area contributed by atoms with Gasteiger partial charge in [0, 0.05) is 32.7 Å². The highest BCUT2D eigenvalue weighted by Crippen LogP contribution is 2.18. The van der Waals surface area contributed by atoms with Gasteiger partial charge in [0.25, 0.3) is 0 Å². The minimum Gasteiger partial charge on any atom is -0.358 e. The second kappa shape index (κ2) is 5.80. The number of carbonyl (C=O) groups excluding carboxylic acids is 1. The maximum absolute atomic E-state index is 11.4. The van der Waals surface area contributed by atoms with Crippen LogP contribution >= 0.6 is 0 Å². The van der Waals surface area contributed by atoms with Crippen molar-refractivity contribution in [1.29, 1.82) is 0 Å². The molecule has 2 aliphatic heterocycles. The van der Waals surface area contributed by atoms with Gasteiger partial charge >= 0.3 is 0 Å². The zero-order chi connectivity index (χ0) is 12.3. The lowest BCUT2D eigenvalue weighted by molar-refractivity contribution is -0.122. The van der Waals surface area contributed by atoms with Gasteiger partial charge in [-0.05, 0) is 26.4 Å². The first-order chi connectivity index (χ1) is 8.19. The van der Waals surface area contributed by atoms with Gasteiger partial charge in [0.2, 0.25) is 5.91 Å². The molecule has 0 aromatic carbocycles. The lowest BCUT2D eigenvalue weighted by atomic mass is 10.2. The highest BCUT2D eigenvalue weighted by atomic mass is 16.1. The summed E-state index contributed by atoms with van der Waals surface area (Å²) in [7, 11) is 3.87. The maximum atomic E-state index is 11.4. The third-order valence-corrected chi connectivity index (χ3v) is 3.83. The quantitative estimate of drug-likeness (QED) is 0.712. The van der Waals surface area contributed by atoms with Gasteiger partial charge in [0.1, 0.15) is 0 Å². The molecule has 5 heteroatoms. The fourth-order valence-electron chi connectivity index (χ4n) is 2.82. The third-order valence-electron chi connectivity index (χ3n) is 3.83. The summed E-state index contributed by atoms with van der Waals surface area (Å²) in [5, 5.41) is 2.71. The Balaban J connectivity index is 1.80. The van der Waals surface area contributed by atoms with Crippen molar-refractivity contribution in [3.05, 3.63) is 0 Å². The SMILES string of the molecule is CNC(=O)CN1CCCC1CN1CCN(C)C1. The van der Waals surface area contributed by atoms with Crippen LogP contribution in [0.3, 0.4) is 0 Å². The summed E-state index contributed by atoms with van der Waals surface area (Å²) in [6.45, 7) is 6.15. The second-order valence-corrected chi connectivity index (χ2v) is 5.24. The Morgan fingerprint density at radius 3 is 2.82 bits per heavy atom. The summed E-state index contributed by atoms with van der Waals surface area (Å²) in [5.74, 6) is 0.135. The number of amides is 1. The van der Waals surface area contributed by atoms with E-state index in [1.165, 1.54) is 25.9 Å². The minimum absolute atomic E-state index is 0.135. The third kappa shape index (κ3) is 3.40. The Bertz CT molecular complexity index is 271. The van der Waals surface area contributed by atoms with Crippen LogP contribution in [0, 0.1) is 0 Å². The number of likely N-dealkylation sites (N-methyl/N-ethyl adjacent to an activating group) is 2. The minimum atomic E-state index is 0.135. The van der Waals surface area contributed by atoms with Gasteiger partial charge in [0.15, 0.2) is 0 Å². The monoisotopic (exact) mass is 240 g/mol. The highest BCUT2D eigenvalue weighted by molar-refractivity contribution is 5.77. The van der Waals surface area contributed by atoms with E-state index in [0.717, 1.165) is 19.8 Å². The molecule has 1 amide bonds. The molecule has 2 fully saturated rings. The van der Waals surface area contributed by atoms with E-state index in [9.17, 15) is 4.79 Å². The normalized spacial score (nSPS) is 27.8. The van der Waals surface area contributed by atoms with Crippen LogP contribution in [0.4, 0.5) is 0 Å². The van der Waals surface area contributed by atoms with E-state index >= 15 is 0 Å². The molecule has 2 aliphatic rings. The molecule has 1 unspecified atom stereocenters. The van der Waals surface area contributed by atoms with E-state index in [2.05, 4.69) is 27.1 Å². The average molecular weight is 240 g/mol. The molecule has 98 valence electrons. The maximum Gasteiger partial charge on any atom is 0.233 e. The van der Waals surface area contributed by atoms with E-state index in [1.54, 1.807) is 7.05 Å². The molecule has 0 bridgehead atoms. The number of carbonyl (C=O) groups is 1. The molecule has 1 N–H and O–H groups in total. The number of nitrogens with zero attached hydrogens (tertiary/aromatic N) is 3. The topological polar surface area (TPSA) is 38.8 Å². The van der Waals surface area contributed by atoms with Crippen molar-refractivity contribution >= 4 is 5.91 Å². The lowest BCUT2D eigenvalue weighted by Gasteiger charge is -2.27. The van der Waals surface area contributed by atoms with Crippen LogP contribution in [-0.4, -0.2) is 80.1 Å². The van der Waals surface area contributed by atoms with Gasteiger partial charge in [-0.3, -0.25) is 19.5 Å². The molecule has 2 saturated heterocycles. The Kier molecular flexibility index (Phi) is 4.36. The Hall–Kier alpha value is -0.650. The van der Waals surface area contributed by atoms with Gasteiger partial charge in [-0.2, -0.15) is 0 Å². The Morgan fingerprint density at radius 2 is 2.18 bits per heavy atom. The largest absolute Gasteiger partial charge is 0.358 e. The molecule has 2 rings (SSSR count). The molecule has 17 heavy (non-hydrogen) atoms. The number of hydrogen-bond donors (Lipinski definition) is 1. The van der Waals surface area contributed by atoms with Gasteiger partial charge in [-0.25, -0.2) is 0 Å². The summed E-state index contributed by atoms with van der Waals surface area (Å²) in [4.78, 5) is 18.6. The lowest BCUT2D eigenvalue weighted by Crippen LogP contribution is -2.44. The van der Waals surface area contributed by atoms with Gasteiger partial charge in [0.05, 0.1) is 13.2 Å².